The summed E-state index contributed by atoms with van der Waals surface area (Å²) in [5, 5.41) is 17.6. The molecule has 132 valence electrons. The van der Waals surface area contributed by atoms with Crippen molar-refractivity contribution in [3.8, 4) is 17.6 Å². The fraction of sp³-hybridized carbons (Fsp3) is 0.167. The maximum Gasteiger partial charge on any atom is 0.276 e. The first kappa shape index (κ1) is 18.1. The van der Waals surface area contributed by atoms with Crippen molar-refractivity contribution in [3.63, 3.8) is 0 Å². The number of thioether (sulfide) groups is 1. The summed E-state index contributed by atoms with van der Waals surface area (Å²) in [5.74, 6) is 2.30. The summed E-state index contributed by atoms with van der Waals surface area (Å²) in [4.78, 5) is 0. The average Bonchev–Trinajstić information content (AvgIpc) is 3.13. The SMILES string of the molecule is N#Cc1ccc(OCCSc2nnc(COc3ccccc3Cl)o2)cc1. The Morgan fingerprint density at radius 1 is 1.08 bits per heavy atom. The first-order chi connectivity index (χ1) is 12.7. The standard InChI is InChI=1S/C18H14ClN3O3S/c19-15-3-1-2-4-16(15)24-12-17-21-22-18(25-17)26-10-9-23-14-7-5-13(11-20)6-8-14/h1-8H,9-10,12H2. The predicted molar refractivity (Wildman–Crippen MR) is 97.5 cm³/mol. The van der Waals surface area contributed by atoms with Crippen molar-refractivity contribution in [2.45, 2.75) is 11.8 Å². The second-order valence-corrected chi connectivity index (χ2v) is 6.47. The van der Waals surface area contributed by atoms with Gasteiger partial charge in [0, 0.05) is 5.75 Å². The highest BCUT2D eigenvalue weighted by Crippen LogP contribution is 2.24. The van der Waals surface area contributed by atoms with Gasteiger partial charge in [-0.25, -0.2) is 0 Å². The van der Waals surface area contributed by atoms with Crippen LogP contribution in [0.25, 0.3) is 0 Å². The first-order valence-electron chi connectivity index (χ1n) is 7.70. The number of para-hydroxylation sites is 1. The van der Waals surface area contributed by atoms with Gasteiger partial charge in [-0.05, 0) is 36.4 Å². The number of hydrogen-bond acceptors (Lipinski definition) is 7. The van der Waals surface area contributed by atoms with E-state index in [9.17, 15) is 0 Å². The molecule has 0 aliphatic heterocycles. The summed E-state index contributed by atoms with van der Waals surface area (Å²) in [5.41, 5.74) is 0.601. The van der Waals surface area contributed by atoms with E-state index in [2.05, 4.69) is 16.3 Å². The van der Waals surface area contributed by atoms with E-state index < -0.39 is 0 Å². The summed E-state index contributed by atoms with van der Waals surface area (Å²) >= 11 is 7.42. The van der Waals surface area contributed by atoms with Gasteiger partial charge in [0.05, 0.1) is 23.3 Å². The van der Waals surface area contributed by atoms with E-state index in [1.165, 1.54) is 11.8 Å². The lowest BCUT2D eigenvalue weighted by Gasteiger charge is -2.05. The van der Waals surface area contributed by atoms with Crippen molar-refractivity contribution in [1.82, 2.24) is 10.2 Å². The normalized spacial score (nSPS) is 10.3. The molecule has 6 nitrogen and oxygen atoms in total. The zero-order valence-electron chi connectivity index (χ0n) is 13.6. The van der Waals surface area contributed by atoms with Crippen LogP contribution in [0.4, 0.5) is 0 Å². The molecule has 0 atom stereocenters. The third-order valence-corrected chi connectivity index (χ3v) is 4.29. The maximum absolute atomic E-state index is 8.75. The number of aromatic nitrogens is 2. The first-order valence-corrected chi connectivity index (χ1v) is 9.06. The summed E-state index contributed by atoms with van der Waals surface area (Å²) in [6.07, 6.45) is 0. The van der Waals surface area contributed by atoms with Gasteiger partial charge in [0.25, 0.3) is 11.1 Å². The van der Waals surface area contributed by atoms with Gasteiger partial charge in [-0.15, -0.1) is 10.2 Å². The number of hydrogen-bond donors (Lipinski definition) is 0. The molecule has 8 heteroatoms. The fourth-order valence-electron chi connectivity index (χ4n) is 1.97. The largest absolute Gasteiger partial charge is 0.493 e. The highest BCUT2D eigenvalue weighted by Gasteiger charge is 2.09. The number of rotatable bonds is 8. The number of halogens is 1. The Morgan fingerprint density at radius 2 is 1.88 bits per heavy atom. The summed E-state index contributed by atoms with van der Waals surface area (Å²) in [6.45, 7) is 0.628. The van der Waals surface area contributed by atoms with E-state index in [1.54, 1.807) is 36.4 Å². The molecule has 26 heavy (non-hydrogen) atoms. The van der Waals surface area contributed by atoms with Gasteiger partial charge in [-0.1, -0.05) is 35.5 Å². The lowest BCUT2D eigenvalue weighted by molar-refractivity contribution is 0.252. The molecule has 0 aliphatic carbocycles. The Labute approximate surface area is 159 Å². The minimum atomic E-state index is 0.152. The number of nitriles is 1. The Hall–Kier alpha value is -2.69. The van der Waals surface area contributed by atoms with Crippen molar-refractivity contribution in [2.75, 3.05) is 12.4 Å². The highest BCUT2D eigenvalue weighted by molar-refractivity contribution is 7.99. The van der Waals surface area contributed by atoms with Gasteiger partial charge < -0.3 is 13.9 Å². The molecule has 0 saturated heterocycles. The molecule has 0 amide bonds. The van der Waals surface area contributed by atoms with Crippen LogP contribution in [0.5, 0.6) is 11.5 Å². The monoisotopic (exact) mass is 387 g/mol. The predicted octanol–water partition coefficient (Wildman–Crippen LogP) is 4.34. The molecule has 0 fully saturated rings. The van der Waals surface area contributed by atoms with E-state index in [4.69, 9.17) is 30.8 Å². The van der Waals surface area contributed by atoms with Crippen molar-refractivity contribution in [3.05, 3.63) is 65.0 Å². The molecule has 0 unspecified atom stereocenters. The molecule has 3 aromatic rings. The zero-order chi connectivity index (χ0) is 18.2. The Morgan fingerprint density at radius 3 is 2.65 bits per heavy atom. The molecule has 0 aliphatic rings. The molecule has 0 bridgehead atoms. The van der Waals surface area contributed by atoms with E-state index in [0.29, 0.717) is 45.6 Å². The van der Waals surface area contributed by atoms with Gasteiger partial charge in [-0.3, -0.25) is 0 Å². The second-order valence-electron chi connectivity index (χ2n) is 5.01. The smallest absolute Gasteiger partial charge is 0.276 e. The van der Waals surface area contributed by atoms with E-state index >= 15 is 0 Å². The van der Waals surface area contributed by atoms with Gasteiger partial charge >= 0.3 is 0 Å². The van der Waals surface area contributed by atoms with Crippen LogP contribution in [-0.4, -0.2) is 22.6 Å². The van der Waals surface area contributed by atoms with Crippen molar-refractivity contribution in [1.29, 1.82) is 5.26 Å². The fourth-order valence-corrected chi connectivity index (χ4v) is 2.76. The average molecular weight is 388 g/mol. The highest BCUT2D eigenvalue weighted by atomic mass is 35.5. The Kier molecular flexibility index (Phi) is 6.36. The second kappa shape index (κ2) is 9.13. The molecule has 0 saturated carbocycles. The quantitative estimate of drug-likeness (QED) is 0.420. The summed E-state index contributed by atoms with van der Waals surface area (Å²) in [6, 6.07) is 16.2. The molecular weight excluding hydrogens is 374 g/mol. The van der Waals surface area contributed by atoms with Crippen LogP contribution in [0.15, 0.2) is 58.2 Å². The van der Waals surface area contributed by atoms with Crippen molar-refractivity contribution >= 4 is 23.4 Å². The number of benzene rings is 2. The van der Waals surface area contributed by atoms with Gasteiger partial charge in [0.15, 0.2) is 6.61 Å². The minimum Gasteiger partial charge on any atom is -0.493 e. The van der Waals surface area contributed by atoms with Crippen LogP contribution >= 0.6 is 23.4 Å². The lowest BCUT2D eigenvalue weighted by Crippen LogP contribution is -1.99. The lowest BCUT2D eigenvalue weighted by atomic mass is 10.2. The number of ether oxygens (including phenoxy) is 2. The maximum atomic E-state index is 8.75. The third kappa shape index (κ3) is 5.15. The molecule has 1 heterocycles. The summed E-state index contributed by atoms with van der Waals surface area (Å²) in [7, 11) is 0. The van der Waals surface area contributed by atoms with Crippen molar-refractivity contribution < 1.29 is 13.9 Å². The Balaban J connectivity index is 1.41. The van der Waals surface area contributed by atoms with E-state index in [-0.39, 0.29) is 6.61 Å². The molecule has 0 spiro atoms. The zero-order valence-corrected chi connectivity index (χ0v) is 15.2. The topological polar surface area (TPSA) is 81.2 Å². The van der Waals surface area contributed by atoms with Crippen LogP contribution in [-0.2, 0) is 6.61 Å². The van der Waals surface area contributed by atoms with Crippen LogP contribution < -0.4 is 9.47 Å². The molecule has 1 aromatic heterocycles. The molecule has 0 radical (unpaired) electrons. The van der Waals surface area contributed by atoms with Crippen LogP contribution in [0.1, 0.15) is 11.5 Å². The van der Waals surface area contributed by atoms with Crippen LogP contribution in [0.3, 0.4) is 0 Å². The van der Waals surface area contributed by atoms with Gasteiger partial charge in [-0.2, -0.15) is 5.26 Å². The molecular formula is C18H14ClN3O3S. The molecule has 2 aromatic carbocycles. The Bertz CT molecular complexity index is 893. The summed E-state index contributed by atoms with van der Waals surface area (Å²) < 4.78 is 16.7. The van der Waals surface area contributed by atoms with Crippen molar-refractivity contribution in [2.24, 2.45) is 0 Å². The molecule has 0 N–H and O–H groups in total. The minimum absolute atomic E-state index is 0.152. The number of nitrogens with zero attached hydrogens (tertiary/aromatic N) is 3. The van der Waals surface area contributed by atoms with Gasteiger partial charge in [0.2, 0.25) is 0 Å². The van der Waals surface area contributed by atoms with Crippen LogP contribution in [0.2, 0.25) is 5.02 Å². The van der Waals surface area contributed by atoms with E-state index in [1.807, 2.05) is 12.1 Å². The van der Waals surface area contributed by atoms with Crippen LogP contribution in [0, 0.1) is 11.3 Å². The third-order valence-electron chi connectivity index (χ3n) is 3.20. The van der Waals surface area contributed by atoms with E-state index in [0.717, 1.165) is 0 Å². The van der Waals surface area contributed by atoms with Gasteiger partial charge in [0.1, 0.15) is 11.5 Å². The molecule has 3 rings (SSSR count).